The first-order valence-electron chi connectivity index (χ1n) is 14.1. The number of carboxylic acids is 1. The van der Waals surface area contributed by atoms with Gasteiger partial charge in [0.05, 0.1) is 18.7 Å². The molecule has 6 rings (SSSR count). The first kappa shape index (κ1) is 33.5. The Labute approximate surface area is 255 Å². The molecule has 13 heteroatoms. The van der Waals surface area contributed by atoms with Crippen LogP contribution in [0.2, 0.25) is 0 Å². The van der Waals surface area contributed by atoms with E-state index in [4.69, 9.17) is 14.6 Å². The number of ether oxygens (including phenoxy) is 1. The van der Waals surface area contributed by atoms with Crippen LogP contribution in [0, 0.1) is 5.92 Å². The molecule has 2 bridgehead atoms. The Bertz CT molecular complexity index is 1460. The Balaban J connectivity index is 0.000000591. The van der Waals surface area contributed by atoms with Crippen LogP contribution < -0.4 is 10.4 Å². The SMILES string of the molecule is O=C(C[N+]12CCC(CC1)[C@@H](OC(=O)C(Nc1ccccc1)c1ccc(C(F)(F)F)cc1)C2)c1ccccc1.O=C([O-])C(F)(F)F. The number of para-hydroxylation sites is 1. The van der Waals surface area contributed by atoms with Crippen molar-refractivity contribution in [3.8, 4) is 0 Å². The molecular weight excluding hydrogens is 606 g/mol. The molecule has 0 spiro atoms. The fourth-order valence-electron chi connectivity index (χ4n) is 5.66. The molecule has 3 aromatic carbocycles. The van der Waals surface area contributed by atoms with Gasteiger partial charge in [0.25, 0.3) is 0 Å². The lowest BCUT2D eigenvalue weighted by Gasteiger charge is -2.51. The minimum Gasteiger partial charge on any atom is -0.542 e. The summed E-state index contributed by atoms with van der Waals surface area (Å²) in [7, 11) is 0. The highest BCUT2D eigenvalue weighted by Crippen LogP contribution is 2.37. The lowest BCUT2D eigenvalue weighted by atomic mass is 9.82. The summed E-state index contributed by atoms with van der Waals surface area (Å²) in [6.07, 6.45) is -8.30. The van der Waals surface area contributed by atoms with Crippen LogP contribution in [0.3, 0.4) is 0 Å². The third kappa shape index (κ3) is 8.84. The van der Waals surface area contributed by atoms with E-state index in [0.717, 1.165) is 38.1 Å². The summed E-state index contributed by atoms with van der Waals surface area (Å²) in [6, 6.07) is 21.8. The number of quaternary nitrogens is 1. The summed E-state index contributed by atoms with van der Waals surface area (Å²) < 4.78 is 77.6. The number of anilines is 1. The molecule has 1 unspecified atom stereocenters. The van der Waals surface area contributed by atoms with Crippen molar-refractivity contribution in [1.29, 1.82) is 0 Å². The van der Waals surface area contributed by atoms with Crippen molar-refractivity contribution in [3.05, 3.63) is 102 Å². The Morgan fingerprint density at radius 1 is 0.844 bits per heavy atom. The molecule has 1 N–H and O–H groups in total. The molecule has 0 amide bonds. The van der Waals surface area contributed by atoms with Crippen LogP contribution in [0.5, 0.6) is 0 Å². The number of carboxylic acid groups (broad SMARTS) is 1. The number of rotatable bonds is 8. The van der Waals surface area contributed by atoms with Gasteiger partial charge in [-0.2, -0.15) is 26.3 Å². The molecule has 0 aliphatic carbocycles. The number of alkyl halides is 6. The average Bonchev–Trinajstić information content (AvgIpc) is 3.00. The van der Waals surface area contributed by atoms with Crippen molar-refractivity contribution >= 4 is 23.4 Å². The summed E-state index contributed by atoms with van der Waals surface area (Å²) in [4.78, 5) is 35.3. The first-order chi connectivity index (χ1) is 21.2. The second-order valence-electron chi connectivity index (χ2n) is 11.1. The topological polar surface area (TPSA) is 95.5 Å². The summed E-state index contributed by atoms with van der Waals surface area (Å²) in [5.41, 5.74) is 0.937. The van der Waals surface area contributed by atoms with Crippen LogP contribution in [-0.2, 0) is 20.5 Å². The van der Waals surface area contributed by atoms with E-state index in [-0.39, 0.29) is 17.8 Å². The van der Waals surface area contributed by atoms with Crippen molar-refractivity contribution in [2.24, 2.45) is 5.92 Å². The number of ketones is 1. The Morgan fingerprint density at radius 3 is 1.89 bits per heavy atom. The predicted molar refractivity (Wildman–Crippen MR) is 148 cm³/mol. The minimum atomic E-state index is -5.19. The number of piperidine rings is 3. The number of halogens is 6. The van der Waals surface area contributed by atoms with Gasteiger partial charge >= 0.3 is 18.3 Å². The molecule has 3 aromatic rings. The van der Waals surface area contributed by atoms with E-state index in [9.17, 15) is 35.9 Å². The van der Waals surface area contributed by atoms with Gasteiger partial charge in [0.2, 0.25) is 5.78 Å². The molecule has 3 fully saturated rings. The number of nitrogens with zero attached hydrogens (tertiary/aromatic N) is 1. The largest absolute Gasteiger partial charge is 0.542 e. The quantitative estimate of drug-likeness (QED) is 0.158. The fraction of sp³-hybridized carbons (Fsp3) is 0.344. The number of hydrogen-bond donors (Lipinski definition) is 1. The van der Waals surface area contributed by atoms with Gasteiger partial charge in [0.1, 0.15) is 19.1 Å². The van der Waals surface area contributed by atoms with E-state index in [2.05, 4.69) is 5.32 Å². The van der Waals surface area contributed by atoms with Gasteiger partial charge in [-0.25, -0.2) is 4.79 Å². The van der Waals surface area contributed by atoms with E-state index in [1.165, 1.54) is 12.1 Å². The Kier molecular flexibility index (Phi) is 10.2. The molecule has 2 atom stereocenters. The van der Waals surface area contributed by atoms with E-state index < -0.39 is 35.9 Å². The molecule has 3 saturated heterocycles. The van der Waals surface area contributed by atoms with Gasteiger partial charge in [-0.1, -0.05) is 60.7 Å². The zero-order chi connectivity index (χ0) is 32.8. The maximum atomic E-state index is 13.5. The number of carbonyl (C=O) groups is 3. The summed E-state index contributed by atoms with van der Waals surface area (Å²) in [6.45, 7) is 2.64. The zero-order valence-electron chi connectivity index (χ0n) is 23.8. The molecule has 7 nitrogen and oxygen atoms in total. The molecule has 45 heavy (non-hydrogen) atoms. The van der Waals surface area contributed by atoms with Gasteiger partial charge in [0.15, 0.2) is 12.1 Å². The standard InChI is InChI=1S/C30H30F3N2O3.C2HF3O2/c31-30(32,33)24-13-11-23(12-14-24)28(34-25-9-5-2-6-10-25)29(37)38-27-20-35(17-15-22(27)16-18-35)19-26(36)21-7-3-1-4-8-21;3-2(4,5)1(6)7/h1-14,22,27-28,34H,15-20H2;(H,6,7)/q+1;/p-1/t22?,27-,28?,35?;/m0./s1. The second kappa shape index (κ2) is 13.7. The van der Waals surface area contributed by atoms with E-state index in [1.807, 2.05) is 48.5 Å². The first-order valence-corrected chi connectivity index (χ1v) is 14.1. The van der Waals surface area contributed by atoms with E-state index >= 15 is 0 Å². The van der Waals surface area contributed by atoms with Crippen LogP contribution >= 0.6 is 0 Å². The van der Waals surface area contributed by atoms with Gasteiger partial charge in [0, 0.05) is 30.0 Å². The lowest BCUT2D eigenvalue weighted by molar-refractivity contribution is -0.938. The minimum absolute atomic E-state index is 0.0735. The van der Waals surface area contributed by atoms with Crippen molar-refractivity contribution in [1.82, 2.24) is 0 Å². The molecule has 3 heterocycles. The highest BCUT2D eigenvalue weighted by Gasteiger charge is 2.49. The van der Waals surface area contributed by atoms with Crippen LogP contribution in [0.25, 0.3) is 0 Å². The highest BCUT2D eigenvalue weighted by atomic mass is 19.4. The molecule has 3 aliphatic rings. The van der Waals surface area contributed by atoms with Crippen LogP contribution in [0.4, 0.5) is 32.0 Å². The number of carbonyl (C=O) groups excluding carboxylic acids is 3. The van der Waals surface area contributed by atoms with Crippen molar-refractivity contribution < 1.29 is 55.1 Å². The highest BCUT2D eigenvalue weighted by molar-refractivity contribution is 5.97. The molecule has 240 valence electrons. The number of hydrogen-bond acceptors (Lipinski definition) is 6. The van der Waals surface area contributed by atoms with Gasteiger partial charge in [-0.3, -0.25) is 4.79 Å². The maximum absolute atomic E-state index is 13.5. The van der Waals surface area contributed by atoms with Gasteiger partial charge in [-0.05, 0) is 29.8 Å². The number of esters is 1. The summed E-state index contributed by atoms with van der Waals surface area (Å²) in [5.74, 6) is -3.27. The van der Waals surface area contributed by atoms with Crippen molar-refractivity contribution in [2.75, 3.05) is 31.5 Å². The van der Waals surface area contributed by atoms with E-state index in [0.29, 0.717) is 34.4 Å². The Morgan fingerprint density at radius 2 is 1.38 bits per heavy atom. The maximum Gasteiger partial charge on any atom is 0.430 e. The second-order valence-corrected chi connectivity index (χ2v) is 11.1. The molecule has 3 aliphatic heterocycles. The molecular formula is C32H30F6N2O5. The van der Waals surface area contributed by atoms with Crippen molar-refractivity contribution in [2.45, 2.75) is 37.3 Å². The summed E-state index contributed by atoms with van der Waals surface area (Å²) >= 11 is 0. The van der Waals surface area contributed by atoms with Crippen LogP contribution in [-0.4, -0.2) is 60.7 Å². The molecule has 0 aromatic heterocycles. The fourth-order valence-corrected chi connectivity index (χ4v) is 5.66. The number of nitrogens with one attached hydrogen (secondary N) is 1. The molecule has 0 saturated carbocycles. The predicted octanol–water partition coefficient (Wildman–Crippen LogP) is 5.19. The van der Waals surface area contributed by atoms with Crippen LogP contribution in [0.1, 0.15) is 40.4 Å². The monoisotopic (exact) mass is 636 g/mol. The van der Waals surface area contributed by atoms with Crippen LogP contribution in [0.15, 0.2) is 84.9 Å². The normalized spacial score (nSPS) is 21.6. The third-order valence-electron chi connectivity index (χ3n) is 8.01. The van der Waals surface area contributed by atoms with E-state index in [1.54, 1.807) is 12.1 Å². The molecule has 0 radical (unpaired) electrons. The smallest absolute Gasteiger partial charge is 0.430 e. The number of fused-ring (bicyclic) bond motifs is 3. The zero-order valence-corrected chi connectivity index (χ0v) is 23.8. The number of Topliss-reactive ketones (excluding diaryl/α,β-unsaturated/α-hetero) is 1. The van der Waals surface area contributed by atoms with Gasteiger partial charge < -0.3 is 24.4 Å². The third-order valence-corrected chi connectivity index (χ3v) is 8.01. The van der Waals surface area contributed by atoms with Crippen molar-refractivity contribution in [3.63, 3.8) is 0 Å². The Hall–Kier alpha value is -4.39. The number of aliphatic carboxylic acids is 1. The average molecular weight is 637 g/mol. The number of benzene rings is 3. The van der Waals surface area contributed by atoms with Gasteiger partial charge in [-0.15, -0.1) is 0 Å². The lowest BCUT2D eigenvalue weighted by Crippen LogP contribution is -2.65. The summed E-state index contributed by atoms with van der Waals surface area (Å²) in [5, 5.41) is 11.9.